The maximum Gasteiger partial charge on any atom is 0.263 e. The van der Waals surface area contributed by atoms with E-state index in [-0.39, 0.29) is 5.91 Å². The maximum absolute atomic E-state index is 12.6. The van der Waals surface area contributed by atoms with Gasteiger partial charge in [-0.05, 0) is 55.5 Å². The summed E-state index contributed by atoms with van der Waals surface area (Å²) in [6.45, 7) is 3.87. The zero-order valence-electron chi connectivity index (χ0n) is 13.1. The van der Waals surface area contributed by atoms with Crippen molar-refractivity contribution < 1.29 is 9.53 Å². The topological polar surface area (TPSA) is 29.5 Å². The van der Waals surface area contributed by atoms with E-state index in [4.69, 9.17) is 4.74 Å². The van der Waals surface area contributed by atoms with Crippen LogP contribution in [0, 0.1) is 6.92 Å². The summed E-state index contributed by atoms with van der Waals surface area (Å²) in [5.41, 5.74) is 2.28. The Morgan fingerprint density at radius 2 is 1.82 bits per heavy atom. The molecule has 1 amide bonds. The van der Waals surface area contributed by atoms with Crippen LogP contribution in [-0.2, 0) is 0 Å². The molecule has 3 rings (SSSR count). The van der Waals surface area contributed by atoms with Crippen LogP contribution >= 0.6 is 11.3 Å². The molecule has 22 heavy (non-hydrogen) atoms. The third-order valence-electron chi connectivity index (χ3n) is 4.17. The van der Waals surface area contributed by atoms with E-state index in [0.717, 1.165) is 47.7 Å². The van der Waals surface area contributed by atoms with Gasteiger partial charge in [0.2, 0.25) is 0 Å². The summed E-state index contributed by atoms with van der Waals surface area (Å²) in [6, 6.07) is 10.0. The average Bonchev–Trinajstić information content (AvgIpc) is 2.97. The minimum absolute atomic E-state index is 0.188. The quantitative estimate of drug-likeness (QED) is 0.842. The number of carbonyl (C=O) groups is 1. The van der Waals surface area contributed by atoms with Crippen LogP contribution < -0.4 is 4.74 Å². The molecule has 0 bridgehead atoms. The predicted molar refractivity (Wildman–Crippen MR) is 90.8 cm³/mol. The van der Waals surface area contributed by atoms with Crippen LogP contribution in [0.25, 0.3) is 11.1 Å². The Labute approximate surface area is 135 Å². The second kappa shape index (κ2) is 6.53. The van der Waals surface area contributed by atoms with E-state index < -0.39 is 0 Å². The van der Waals surface area contributed by atoms with E-state index in [2.05, 4.69) is 6.92 Å². The molecular weight excluding hydrogens is 294 g/mol. The number of thiophene rings is 1. The van der Waals surface area contributed by atoms with Gasteiger partial charge in [0.05, 0.1) is 12.0 Å². The first-order chi connectivity index (χ1) is 10.7. The van der Waals surface area contributed by atoms with Crippen molar-refractivity contribution in [3.8, 4) is 16.9 Å². The molecule has 1 aliphatic heterocycles. The molecule has 1 fully saturated rings. The first-order valence-electron chi connectivity index (χ1n) is 7.73. The SMILES string of the molecule is COc1ccc(-c2cc(C(=O)N3CCCCC3)sc2C)cc1. The van der Waals surface area contributed by atoms with Crippen molar-refractivity contribution in [2.24, 2.45) is 0 Å². The van der Waals surface area contributed by atoms with Crippen molar-refractivity contribution in [3.63, 3.8) is 0 Å². The second-order valence-electron chi connectivity index (χ2n) is 5.66. The van der Waals surface area contributed by atoms with Crippen LogP contribution in [0.1, 0.15) is 33.8 Å². The third kappa shape index (κ3) is 3.02. The number of nitrogens with zero attached hydrogens (tertiary/aromatic N) is 1. The lowest BCUT2D eigenvalue weighted by Gasteiger charge is -2.26. The highest BCUT2D eigenvalue weighted by Crippen LogP contribution is 2.33. The first kappa shape index (κ1) is 15.1. The zero-order chi connectivity index (χ0) is 15.5. The summed E-state index contributed by atoms with van der Waals surface area (Å²) < 4.78 is 5.20. The number of piperidine rings is 1. The van der Waals surface area contributed by atoms with Gasteiger partial charge < -0.3 is 9.64 Å². The number of aryl methyl sites for hydroxylation is 1. The normalized spacial score (nSPS) is 14.9. The van der Waals surface area contributed by atoms with Crippen LogP contribution in [0.5, 0.6) is 5.75 Å². The van der Waals surface area contributed by atoms with Crippen molar-refractivity contribution in [1.82, 2.24) is 4.90 Å². The van der Waals surface area contributed by atoms with Gasteiger partial charge in [-0.25, -0.2) is 0 Å². The summed E-state index contributed by atoms with van der Waals surface area (Å²) in [4.78, 5) is 16.6. The largest absolute Gasteiger partial charge is 0.497 e. The lowest BCUT2D eigenvalue weighted by Crippen LogP contribution is -2.35. The highest BCUT2D eigenvalue weighted by atomic mass is 32.1. The number of carbonyl (C=O) groups excluding carboxylic acids is 1. The molecule has 1 aromatic heterocycles. The fourth-order valence-corrected chi connectivity index (χ4v) is 3.91. The molecule has 0 radical (unpaired) electrons. The summed E-state index contributed by atoms with van der Waals surface area (Å²) in [7, 11) is 1.67. The fraction of sp³-hybridized carbons (Fsp3) is 0.389. The van der Waals surface area contributed by atoms with E-state index >= 15 is 0 Å². The molecule has 0 aliphatic carbocycles. The first-order valence-corrected chi connectivity index (χ1v) is 8.55. The molecule has 3 nitrogen and oxygen atoms in total. The summed E-state index contributed by atoms with van der Waals surface area (Å²) >= 11 is 1.60. The van der Waals surface area contributed by atoms with E-state index in [0.29, 0.717) is 0 Å². The number of ether oxygens (including phenoxy) is 1. The Morgan fingerprint density at radius 3 is 2.45 bits per heavy atom. The van der Waals surface area contributed by atoms with E-state index in [9.17, 15) is 4.79 Å². The van der Waals surface area contributed by atoms with Crippen molar-refractivity contribution >= 4 is 17.2 Å². The van der Waals surface area contributed by atoms with Crippen LogP contribution in [0.15, 0.2) is 30.3 Å². The van der Waals surface area contributed by atoms with Crippen molar-refractivity contribution in [2.75, 3.05) is 20.2 Å². The number of methoxy groups -OCH3 is 1. The molecule has 2 heterocycles. The highest BCUT2D eigenvalue weighted by molar-refractivity contribution is 7.14. The van der Waals surface area contributed by atoms with Gasteiger partial charge in [0.25, 0.3) is 5.91 Å². The second-order valence-corrected chi connectivity index (χ2v) is 6.92. The maximum atomic E-state index is 12.6. The number of amides is 1. The van der Waals surface area contributed by atoms with Gasteiger partial charge in [-0.2, -0.15) is 0 Å². The van der Waals surface area contributed by atoms with Crippen LogP contribution in [0.4, 0.5) is 0 Å². The monoisotopic (exact) mass is 315 g/mol. The minimum Gasteiger partial charge on any atom is -0.497 e. The van der Waals surface area contributed by atoms with Crippen LogP contribution in [-0.4, -0.2) is 31.0 Å². The Bertz CT molecular complexity index is 654. The molecule has 1 aliphatic rings. The third-order valence-corrected chi connectivity index (χ3v) is 5.21. The summed E-state index contributed by atoms with van der Waals surface area (Å²) in [6.07, 6.45) is 3.49. The Morgan fingerprint density at radius 1 is 1.14 bits per heavy atom. The molecule has 2 aromatic rings. The lowest BCUT2D eigenvalue weighted by molar-refractivity contribution is 0.0729. The van der Waals surface area contributed by atoms with Crippen molar-refractivity contribution in [1.29, 1.82) is 0 Å². The molecule has 0 spiro atoms. The lowest BCUT2D eigenvalue weighted by atomic mass is 10.1. The predicted octanol–water partition coefficient (Wildman–Crippen LogP) is 4.36. The smallest absolute Gasteiger partial charge is 0.263 e. The molecular formula is C18H21NO2S. The van der Waals surface area contributed by atoms with E-state index in [1.54, 1.807) is 18.4 Å². The van der Waals surface area contributed by atoms with Crippen LogP contribution in [0.2, 0.25) is 0 Å². The van der Waals surface area contributed by atoms with E-state index in [1.165, 1.54) is 11.3 Å². The number of hydrogen-bond donors (Lipinski definition) is 0. The molecule has 0 N–H and O–H groups in total. The molecule has 0 unspecified atom stereocenters. The van der Waals surface area contributed by atoms with Crippen LogP contribution in [0.3, 0.4) is 0 Å². The Hall–Kier alpha value is -1.81. The highest BCUT2D eigenvalue weighted by Gasteiger charge is 2.21. The van der Waals surface area contributed by atoms with Gasteiger partial charge >= 0.3 is 0 Å². The number of likely N-dealkylation sites (tertiary alicyclic amines) is 1. The molecule has 0 saturated carbocycles. The summed E-state index contributed by atoms with van der Waals surface area (Å²) in [5.74, 6) is 1.04. The molecule has 0 atom stereocenters. The van der Waals surface area contributed by atoms with Gasteiger partial charge in [-0.3, -0.25) is 4.79 Å². The van der Waals surface area contributed by atoms with E-state index in [1.807, 2.05) is 35.2 Å². The Balaban J connectivity index is 1.84. The van der Waals surface area contributed by atoms with Crippen molar-refractivity contribution in [3.05, 3.63) is 40.1 Å². The van der Waals surface area contributed by atoms with Gasteiger partial charge in [-0.1, -0.05) is 12.1 Å². The summed E-state index contributed by atoms with van der Waals surface area (Å²) in [5, 5.41) is 0. The molecule has 116 valence electrons. The number of hydrogen-bond acceptors (Lipinski definition) is 3. The zero-order valence-corrected chi connectivity index (χ0v) is 13.9. The van der Waals surface area contributed by atoms with Crippen molar-refractivity contribution in [2.45, 2.75) is 26.2 Å². The molecule has 4 heteroatoms. The van der Waals surface area contributed by atoms with Gasteiger partial charge in [0.1, 0.15) is 5.75 Å². The van der Waals surface area contributed by atoms with Gasteiger partial charge in [-0.15, -0.1) is 11.3 Å². The molecule has 1 aromatic carbocycles. The number of rotatable bonds is 3. The average molecular weight is 315 g/mol. The van der Waals surface area contributed by atoms with Gasteiger partial charge in [0, 0.05) is 18.0 Å². The number of benzene rings is 1. The molecule has 1 saturated heterocycles. The fourth-order valence-electron chi connectivity index (χ4n) is 2.90. The standard InChI is InChI=1S/C18H21NO2S/c1-13-16(14-6-8-15(21-2)9-7-14)12-17(22-13)18(20)19-10-4-3-5-11-19/h6-9,12H,3-5,10-11H2,1-2H3. The minimum atomic E-state index is 0.188. The van der Waals surface area contributed by atoms with Gasteiger partial charge in [0.15, 0.2) is 0 Å². The Kier molecular flexibility index (Phi) is 4.48.